The number of nitrogens with zero attached hydrogens (tertiary/aromatic N) is 1. The van der Waals surface area contributed by atoms with Crippen LogP contribution in [0.3, 0.4) is 0 Å². The van der Waals surface area contributed by atoms with Gasteiger partial charge < -0.3 is 10.4 Å². The molecular weight excluding hydrogens is 552 g/mol. The molecule has 2 aliphatic heterocycles. The Hall–Kier alpha value is -0.430. The van der Waals surface area contributed by atoms with E-state index < -0.39 is 9.84 Å². The fourth-order valence-corrected chi connectivity index (χ4v) is 16.8. The lowest BCUT2D eigenvalue weighted by Gasteiger charge is -2.73. The molecule has 5 saturated carbocycles. The van der Waals surface area contributed by atoms with Crippen LogP contribution in [0.1, 0.15) is 119 Å². The van der Waals surface area contributed by atoms with E-state index in [4.69, 9.17) is 0 Å². The van der Waals surface area contributed by atoms with Crippen LogP contribution in [0.2, 0.25) is 0 Å². The molecule has 5 aliphatic carbocycles. The van der Waals surface area contributed by atoms with Gasteiger partial charge in [-0.2, -0.15) is 0 Å². The third-order valence-electron chi connectivity index (χ3n) is 16.8. The largest absolute Gasteiger partial charge is 0.393 e. The fourth-order valence-electron chi connectivity index (χ4n) is 14.3. The Morgan fingerprint density at radius 1 is 0.907 bits per heavy atom. The van der Waals surface area contributed by atoms with Crippen molar-refractivity contribution in [1.82, 2.24) is 10.2 Å². The van der Waals surface area contributed by atoms with Crippen molar-refractivity contribution in [1.29, 1.82) is 0 Å². The van der Waals surface area contributed by atoms with Crippen LogP contribution in [-0.2, 0) is 9.84 Å². The summed E-state index contributed by atoms with van der Waals surface area (Å²) in [7, 11) is -2.90. The van der Waals surface area contributed by atoms with Crippen LogP contribution in [-0.4, -0.2) is 66.2 Å². The van der Waals surface area contributed by atoms with Gasteiger partial charge in [0.1, 0.15) is 0 Å². The number of fused-ring (bicyclic) bond motifs is 9. The second-order valence-electron chi connectivity index (χ2n) is 18.7. The zero-order valence-electron chi connectivity index (χ0n) is 28.5. The van der Waals surface area contributed by atoms with E-state index >= 15 is 0 Å². The molecule has 7 fully saturated rings. The van der Waals surface area contributed by atoms with Gasteiger partial charge in [-0.05, 0) is 136 Å². The molecule has 0 radical (unpaired) electrons. The number of hydrogen-bond acceptors (Lipinski definition) is 5. The molecule has 43 heavy (non-hydrogen) atoms. The highest BCUT2D eigenvalue weighted by atomic mass is 32.2. The Labute approximate surface area is 263 Å². The average Bonchev–Trinajstić information content (AvgIpc) is 3.52. The van der Waals surface area contributed by atoms with Crippen molar-refractivity contribution in [2.24, 2.45) is 51.2 Å². The zero-order chi connectivity index (χ0) is 31.0. The summed E-state index contributed by atoms with van der Waals surface area (Å²) in [6.45, 7) is 24.5. The quantitative estimate of drug-likeness (QED) is 0.341. The van der Waals surface area contributed by atoms with E-state index in [1.54, 1.807) is 0 Å². The lowest BCUT2D eigenvalue weighted by Crippen LogP contribution is -2.69. The Morgan fingerprint density at radius 3 is 2.30 bits per heavy atom. The molecule has 7 rings (SSSR count). The van der Waals surface area contributed by atoms with Crippen molar-refractivity contribution in [3.05, 3.63) is 12.2 Å². The van der Waals surface area contributed by atoms with E-state index in [1.165, 1.54) is 63.4 Å². The molecule has 0 amide bonds. The van der Waals surface area contributed by atoms with Gasteiger partial charge in [0.05, 0.1) is 17.1 Å². The highest BCUT2D eigenvalue weighted by molar-refractivity contribution is 7.92. The lowest BCUT2D eigenvalue weighted by atomic mass is 9.32. The lowest BCUT2D eigenvalue weighted by molar-refractivity contribution is -0.243. The maximum absolute atomic E-state index is 12.5. The van der Waals surface area contributed by atoms with Gasteiger partial charge in [0.2, 0.25) is 0 Å². The van der Waals surface area contributed by atoms with Crippen LogP contribution in [0, 0.1) is 51.2 Å². The Bertz CT molecular complexity index is 1280. The first-order chi connectivity index (χ1) is 19.9. The van der Waals surface area contributed by atoms with Crippen molar-refractivity contribution in [3.8, 4) is 0 Å². The molecular formula is C37H62N2O3S. The Morgan fingerprint density at radius 2 is 1.65 bits per heavy atom. The van der Waals surface area contributed by atoms with Gasteiger partial charge in [-0.15, -0.1) is 0 Å². The summed E-state index contributed by atoms with van der Waals surface area (Å²) in [5, 5.41) is 15.2. The monoisotopic (exact) mass is 614 g/mol. The molecule has 2 saturated heterocycles. The maximum Gasteiger partial charge on any atom is 0.156 e. The van der Waals surface area contributed by atoms with Gasteiger partial charge in [-0.3, -0.25) is 4.90 Å². The number of rotatable bonds is 5. The minimum Gasteiger partial charge on any atom is -0.393 e. The number of hydrogen-bond donors (Lipinski definition) is 2. The van der Waals surface area contributed by atoms with Crippen LogP contribution < -0.4 is 5.32 Å². The van der Waals surface area contributed by atoms with Gasteiger partial charge in [0, 0.05) is 30.7 Å². The highest BCUT2D eigenvalue weighted by Crippen LogP contribution is 2.76. The first kappa shape index (κ1) is 31.2. The van der Waals surface area contributed by atoms with Gasteiger partial charge in [0.25, 0.3) is 0 Å². The van der Waals surface area contributed by atoms with E-state index in [0.29, 0.717) is 45.7 Å². The van der Waals surface area contributed by atoms with Crippen molar-refractivity contribution in [2.75, 3.05) is 25.4 Å². The van der Waals surface area contributed by atoms with Crippen LogP contribution in [0.25, 0.3) is 0 Å². The second-order valence-corrected chi connectivity index (χ2v) is 21.0. The van der Waals surface area contributed by atoms with Gasteiger partial charge >= 0.3 is 0 Å². The molecule has 2 N–H and O–H groups in total. The minimum atomic E-state index is -2.90. The Balaban J connectivity index is 1.14. The summed E-state index contributed by atoms with van der Waals surface area (Å²) in [5.41, 5.74) is 2.38. The van der Waals surface area contributed by atoms with E-state index in [-0.39, 0.29) is 27.8 Å². The zero-order valence-corrected chi connectivity index (χ0v) is 29.3. The number of sulfone groups is 1. The molecule has 12 atom stereocenters. The number of allylic oxidation sites excluding steroid dienone is 1. The van der Waals surface area contributed by atoms with Crippen molar-refractivity contribution < 1.29 is 13.5 Å². The molecule has 12 unspecified atom stereocenters. The van der Waals surface area contributed by atoms with E-state index in [1.807, 2.05) is 0 Å². The summed E-state index contributed by atoms with van der Waals surface area (Å²) < 4.78 is 25.0. The maximum atomic E-state index is 12.5. The molecule has 5 nitrogen and oxygen atoms in total. The molecule has 0 aromatic heterocycles. The summed E-state index contributed by atoms with van der Waals surface area (Å²) >= 11 is 0. The first-order valence-electron chi connectivity index (χ1n) is 18.0. The fraction of sp³-hybridized carbons (Fsp3) is 0.946. The van der Waals surface area contributed by atoms with Crippen molar-refractivity contribution >= 4 is 9.84 Å². The molecule has 7 aliphatic rings. The molecule has 244 valence electrons. The molecule has 2 heterocycles. The third-order valence-corrected chi connectivity index (χ3v) is 19.1. The smallest absolute Gasteiger partial charge is 0.156 e. The second kappa shape index (κ2) is 9.57. The van der Waals surface area contributed by atoms with Crippen molar-refractivity contribution in [2.45, 2.75) is 142 Å². The minimum absolute atomic E-state index is 0.00428. The van der Waals surface area contributed by atoms with Crippen LogP contribution >= 0.6 is 0 Å². The van der Waals surface area contributed by atoms with Crippen LogP contribution in [0.15, 0.2) is 12.2 Å². The average molecular weight is 615 g/mol. The number of likely N-dealkylation sites (tertiary alicyclic amines) is 1. The third kappa shape index (κ3) is 4.06. The van der Waals surface area contributed by atoms with Crippen molar-refractivity contribution in [3.63, 3.8) is 0 Å². The number of nitrogens with one attached hydrogen (secondary N) is 1. The van der Waals surface area contributed by atoms with E-state index in [0.717, 1.165) is 38.4 Å². The molecule has 6 heteroatoms. The Kier molecular flexibility index (Phi) is 6.94. The number of aliphatic hydroxyl groups is 1. The van der Waals surface area contributed by atoms with Gasteiger partial charge in [0.15, 0.2) is 9.84 Å². The molecule has 2 bridgehead atoms. The molecule has 0 aromatic rings. The van der Waals surface area contributed by atoms with E-state index in [9.17, 15) is 13.5 Å². The number of aliphatic hydroxyl groups excluding tert-OH is 1. The van der Waals surface area contributed by atoms with Gasteiger partial charge in [-0.25, -0.2) is 8.42 Å². The van der Waals surface area contributed by atoms with Crippen LogP contribution in [0.4, 0.5) is 0 Å². The van der Waals surface area contributed by atoms with Gasteiger partial charge in [-0.1, -0.05) is 46.8 Å². The van der Waals surface area contributed by atoms with Crippen LogP contribution in [0.5, 0.6) is 0 Å². The molecule has 0 aromatic carbocycles. The summed E-state index contributed by atoms with van der Waals surface area (Å²) in [6.07, 6.45) is 13.1. The normalized spacial score (nSPS) is 54.8. The highest BCUT2D eigenvalue weighted by Gasteiger charge is 2.71. The summed E-state index contributed by atoms with van der Waals surface area (Å²) in [4.78, 5) is 2.49. The predicted octanol–water partition coefficient (Wildman–Crippen LogP) is 6.61. The topological polar surface area (TPSA) is 69.6 Å². The SMILES string of the molecule is C=C(C)C1CCC2(NCCN3CC4CC3(C)CS4(=O)=O)CCC3(C)C(CCC4C5(C)CCC(O)C(C)(C)C5CCC43C)C12. The molecule has 0 spiro atoms. The summed E-state index contributed by atoms with van der Waals surface area (Å²) in [5.74, 6) is 3.64. The standard InChI is InChI=1S/C37H62N2O3S/c1-24(2)26-11-16-37(38-19-20-39-22-25-21-33(39,5)23-43(25,41)42)18-17-35(7)27(31(26)37)9-10-29-34(6)14-13-30(40)32(3,4)28(34)12-15-36(29,35)8/h25-31,38,40H,1,9-23H2,2-8H3. The summed E-state index contributed by atoms with van der Waals surface area (Å²) in [6, 6.07) is 0. The predicted molar refractivity (Wildman–Crippen MR) is 175 cm³/mol. The van der Waals surface area contributed by atoms with E-state index in [2.05, 4.69) is 65.3 Å². The first-order valence-corrected chi connectivity index (χ1v) is 19.7.